The molecule has 1 aliphatic heterocycles. The molecule has 1 fully saturated rings. The summed E-state index contributed by atoms with van der Waals surface area (Å²) in [5.41, 5.74) is 1.31. The zero-order valence-electron chi connectivity index (χ0n) is 11.4. The summed E-state index contributed by atoms with van der Waals surface area (Å²) in [4.78, 5) is 21.1. The van der Waals surface area contributed by atoms with Gasteiger partial charge < -0.3 is 15.3 Å². The summed E-state index contributed by atoms with van der Waals surface area (Å²) in [6.07, 6.45) is 3.64. The van der Waals surface area contributed by atoms with Crippen molar-refractivity contribution in [2.24, 2.45) is 0 Å². The monoisotopic (exact) mass is 284 g/mol. The zero-order valence-corrected chi connectivity index (χ0v) is 11.4. The molecule has 1 aromatic heterocycles. The minimum Gasteiger partial charge on any atom is -0.478 e. The van der Waals surface area contributed by atoms with Gasteiger partial charge in [-0.2, -0.15) is 0 Å². The molecular weight excluding hydrogens is 268 g/mol. The molecule has 21 heavy (non-hydrogen) atoms. The Morgan fingerprint density at radius 1 is 1.24 bits per heavy atom. The Hall–Kier alpha value is -2.63. The van der Waals surface area contributed by atoms with Crippen LogP contribution in [0, 0.1) is 0 Å². The Morgan fingerprint density at radius 2 is 1.95 bits per heavy atom. The fourth-order valence-corrected chi connectivity index (χ4v) is 2.45. The SMILES string of the molecule is O=C(O)c1cnc(NC2CCN(c3ccccc3)C2)nc1. The second kappa shape index (κ2) is 5.78. The number of carbonyl (C=O) groups is 1. The van der Waals surface area contributed by atoms with Gasteiger partial charge in [0.15, 0.2) is 0 Å². The lowest BCUT2D eigenvalue weighted by molar-refractivity contribution is 0.0696. The van der Waals surface area contributed by atoms with Crippen LogP contribution in [0.5, 0.6) is 0 Å². The molecule has 2 aromatic rings. The van der Waals surface area contributed by atoms with Crippen LogP contribution in [0.25, 0.3) is 0 Å². The largest absolute Gasteiger partial charge is 0.478 e. The number of benzene rings is 1. The van der Waals surface area contributed by atoms with Crippen molar-refractivity contribution in [1.29, 1.82) is 0 Å². The predicted molar refractivity (Wildman–Crippen MR) is 79.7 cm³/mol. The van der Waals surface area contributed by atoms with Crippen molar-refractivity contribution in [3.63, 3.8) is 0 Å². The predicted octanol–water partition coefficient (Wildman–Crippen LogP) is 1.87. The summed E-state index contributed by atoms with van der Waals surface area (Å²) in [5, 5.41) is 12.1. The van der Waals surface area contributed by atoms with E-state index < -0.39 is 5.97 Å². The van der Waals surface area contributed by atoms with E-state index in [1.165, 1.54) is 18.1 Å². The number of nitrogens with zero attached hydrogens (tertiary/aromatic N) is 3. The van der Waals surface area contributed by atoms with E-state index in [1.54, 1.807) is 0 Å². The molecule has 108 valence electrons. The maximum absolute atomic E-state index is 10.7. The molecule has 1 aliphatic rings. The first-order valence-electron chi connectivity index (χ1n) is 6.84. The maximum atomic E-state index is 10.7. The smallest absolute Gasteiger partial charge is 0.338 e. The average Bonchev–Trinajstić information content (AvgIpc) is 2.97. The number of hydrogen-bond donors (Lipinski definition) is 2. The molecule has 0 radical (unpaired) electrons. The van der Waals surface area contributed by atoms with E-state index in [1.807, 2.05) is 18.2 Å². The minimum atomic E-state index is -1.02. The van der Waals surface area contributed by atoms with Crippen molar-refractivity contribution in [2.75, 3.05) is 23.3 Å². The number of anilines is 2. The third-order valence-electron chi connectivity index (χ3n) is 3.54. The van der Waals surface area contributed by atoms with Gasteiger partial charge in [0, 0.05) is 37.2 Å². The number of carboxylic acid groups (broad SMARTS) is 1. The van der Waals surface area contributed by atoms with Crippen LogP contribution in [0.2, 0.25) is 0 Å². The van der Waals surface area contributed by atoms with Gasteiger partial charge in [0.1, 0.15) is 0 Å². The highest BCUT2D eigenvalue weighted by molar-refractivity contribution is 5.86. The summed E-state index contributed by atoms with van der Waals surface area (Å²) in [6.45, 7) is 1.86. The van der Waals surface area contributed by atoms with E-state index in [-0.39, 0.29) is 11.6 Å². The molecule has 2 heterocycles. The molecule has 6 nitrogen and oxygen atoms in total. The normalized spacial score (nSPS) is 17.7. The third-order valence-corrected chi connectivity index (χ3v) is 3.54. The van der Waals surface area contributed by atoms with E-state index >= 15 is 0 Å². The molecule has 2 N–H and O–H groups in total. The van der Waals surface area contributed by atoms with E-state index in [2.05, 4.69) is 32.3 Å². The number of para-hydroxylation sites is 1. The molecule has 0 spiro atoms. The highest BCUT2D eigenvalue weighted by atomic mass is 16.4. The van der Waals surface area contributed by atoms with E-state index in [9.17, 15) is 4.79 Å². The quantitative estimate of drug-likeness (QED) is 0.892. The number of hydrogen-bond acceptors (Lipinski definition) is 5. The number of aromatic carboxylic acids is 1. The van der Waals surface area contributed by atoms with Crippen molar-refractivity contribution >= 4 is 17.6 Å². The second-order valence-electron chi connectivity index (χ2n) is 5.01. The van der Waals surface area contributed by atoms with Crippen LogP contribution in [-0.2, 0) is 0 Å². The summed E-state index contributed by atoms with van der Waals surface area (Å²) in [7, 11) is 0. The Kier molecular flexibility index (Phi) is 3.68. The van der Waals surface area contributed by atoms with Crippen molar-refractivity contribution in [1.82, 2.24) is 9.97 Å². The molecule has 0 amide bonds. The van der Waals surface area contributed by atoms with Gasteiger partial charge >= 0.3 is 5.97 Å². The minimum absolute atomic E-state index is 0.0953. The molecule has 1 aromatic carbocycles. The zero-order chi connectivity index (χ0) is 14.7. The van der Waals surface area contributed by atoms with Gasteiger partial charge in [-0.1, -0.05) is 18.2 Å². The van der Waals surface area contributed by atoms with Gasteiger partial charge in [-0.3, -0.25) is 0 Å². The highest BCUT2D eigenvalue weighted by Gasteiger charge is 2.23. The maximum Gasteiger partial charge on any atom is 0.338 e. The molecule has 1 saturated heterocycles. The molecule has 0 saturated carbocycles. The number of nitrogens with one attached hydrogen (secondary N) is 1. The van der Waals surface area contributed by atoms with Crippen LogP contribution in [0.4, 0.5) is 11.6 Å². The summed E-state index contributed by atoms with van der Waals surface area (Å²) < 4.78 is 0. The van der Waals surface area contributed by atoms with Gasteiger partial charge in [-0.15, -0.1) is 0 Å². The highest BCUT2D eigenvalue weighted by Crippen LogP contribution is 2.21. The first kappa shape index (κ1) is 13.4. The Labute approximate surface area is 122 Å². The fourth-order valence-electron chi connectivity index (χ4n) is 2.45. The summed E-state index contributed by atoms with van der Waals surface area (Å²) in [5.74, 6) is -0.544. The van der Waals surface area contributed by atoms with E-state index in [0.29, 0.717) is 5.95 Å². The number of aromatic nitrogens is 2. The fraction of sp³-hybridized carbons (Fsp3) is 0.267. The van der Waals surface area contributed by atoms with Crippen molar-refractivity contribution < 1.29 is 9.90 Å². The first-order chi connectivity index (χ1) is 10.2. The topological polar surface area (TPSA) is 78.3 Å². The second-order valence-corrected chi connectivity index (χ2v) is 5.01. The Morgan fingerprint density at radius 3 is 2.62 bits per heavy atom. The van der Waals surface area contributed by atoms with Gasteiger partial charge in [-0.25, -0.2) is 14.8 Å². The van der Waals surface area contributed by atoms with Crippen LogP contribution >= 0.6 is 0 Å². The van der Waals surface area contributed by atoms with Crippen LogP contribution in [-0.4, -0.2) is 40.2 Å². The van der Waals surface area contributed by atoms with Gasteiger partial charge in [0.05, 0.1) is 5.56 Å². The lowest BCUT2D eigenvalue weighted by Crippen LogP contribution is -2.26. The molecule has 0 aliphatic carbocycles. The van der Waals surface area contributed by atoms with Crippen LogP contribution < -0.4 is 10.2 Å². The molecule has 1 unspecified atom stereocenters. The Bertz CT molecular complexity index is 615. The third kappa shape index (κ3) is 3.10. The van der Waals surface area contributed by atoms with Crippen LogP contribution in [0.3, 0.4) is 0 Å². The van der Waals surface area contributed by atoms with Crippen molar-refractivity contribution in [3.05, 3.63) is 48.3 Å². The molecular formula is C15H16N4O2. The van der Waals surface area contributed by atoms with Crippen LogP contribution in [0.1, 0.15) is 16.8 Å². The van der Waals surface area contributed by atoms with E-state index in [0.717, 1.165) is 19.5 Å². The Balaban J connectivity index is 1.61. The van der Waals surface area contributed by atoms with Crippen molar-refractivity contribution in [2.45, 2.75) is 12.5 Å². The standard InChI is InChI=1S/C15H16N4O2/c20-14(21)11-8-16-15(17-9-11)18-12-6-7-19(10-12)13-4-2-1-3-5-13/h1-5,8-9,12H,6-7,10H2,(H,20,21)(H,16,17,18). The number of rotatable bonds is 4. The molecule has 1 atom stereocenters. The summed E-state index contributed by atoms with van der Waals surface area (Å²) >= 11 is 0. The molecule has 3 rings (SSSR count). The van der Waals surface area contributed by atoms with Gasteiger partial charge in [0.2, 0.25) is 5.95 Å². The number of carboxylic acids is 1. The van der Waals surface area contributed by atoms with Crippen LogP contribution in [0.15, 0.2) is 42.7 Å². The summed E-state index contributed by atoms with van der Waals surface area (Å²) in [6, 6.07) is 10.5. The van der Waals surface area contributed by atoms with Gasteiger partial charge in [0.25, 0.3) is 0 Å². The van der Waals surface area contributed by atoms with Gasteiger partial charge in [-0.05, 0) is 18.6 Å². The average molecular weight is 284 g/mol. The lowest BCUT2D eigenvalue weighted by Gasteiger charge is -2.18. The van der Waals surface area contributed by atoms with Crippen molar-refractivity contribution in [3.8, 4) is 0 Å². The lowest BCUT2D eigenvalue weighted by atomic mass is 10.3. The molecule has 0 bridgehead atoms. The van der Waals surface area contributed by atoms with E-state index in [4.69, 9.17) is 5.11 Å². The molecule has 6 heteroatoms. The first-order valence-corrected chi connectivity index (χ1v) is 6.84.